The molecule has 0 saturated heterocycles. The standard InChI is InChI=1S/C15H13N5S/c1-8-9(2)21-15-13(8)14(16-10(3)17-15)20-12-7-5-4-6-11(12)18-19-20/h4-7H,1-3H3. The molecule has 0 fully saturated rings. The van der Waals surface area contributed by atoms with Crippen molar-refractivity contribution in [3.8, 4) is 5.82 Å². The fourth-order valence-electron chi connectivity index (χ4n) is 2.51. The summed E-state index contributed by atoms with van der Waals surface area (Å²) in [4.78, 5) is 11.4. The molecule has 3 heterocycles. The lowest BCUT2D eigenvalue weighted by Crippen LogP contribution is -2.03. The van der Waals surface area contributed by atoms with Crippen LogP contribution in [0.2, 0.25) is 0 Å². The normalized spacial score (nSPS) is 11.6. The number of hydrogen-bond donors (Lipinski definition) is 0. The molecular weight excluding hydrogens is 282 g/mol. The summed E-state index contributed by atoms with van der Waals surface area (Å²) in [6.45, 7) is 6.13. The zero-order chi connectivity index (χ0) is 14.6. The minimum Gasteiger partial charge on any atom is -0.222 e. The second-order valence-electron chi connectivity index (χ2n) is 5.05. The van der Waals surface area contributed by atoms with Gasteiger partial charge in [-0.1, -0.05) is 17.3 Å². The fraction of sp³-hybridized carbons (Fsp3) is 0.200. The van der Waals surface area contributed by atoms with Gasteiger partial charge in [0.1, 0.15) is 16.2 Å². The number of rotatable bonds is 1. The van der Waals surface area contributed by atoms with E-state index in [1.807, 2.05) is 35.9 Å². The van der Waals surface area contributed by atoms with Crippen molar-refractivity contribution in [1.29, 1.82) is 0 Å². The van der Waals surface area contributed by atoms with E-state index in [0.717, 1.165) is 32.9 Å². The summed E-state index contributed by atoms with van der Waals surface area (Å²) in [5.41, 5.74) is 3.04. The topological polar surface area (TPSA) is 56.5 Å². The highest BCUT2D eigenvalue weighted by atomic mass is 32.1. The number of aryl methyl sites for hydroxylation is 3. The van der Waals surface area contributed by atoms with Crippen molar-refractivity contribution in [2.75, 3.05) is 0 Å². The van der Waals surface area contributed by atoms with Crippen LogP contribution in [0.3, 0.4) is 0 Å². The first-order valence-corrected chi connectivity index (χ1v) is 7.52. The molecule has 0 spiro atoms. The Hall–Kier alpha value is -2.34. The maximum Gasteiger partial charge on any atom is 0.168 e. The van der Waals surface area contributed by atoms with E-state index in [4.69, 9.17) is 0 Å². The third-order valence-corrected chi connectivity index (χ3v) is 4.77. The van der Waals surface area contributed by atoms with Gasteiger partial charge < -0.3 is 0 Å². The van der Waals surface area contributed by atoms with E-state index in [1.54, 1.807) is 11.3 Å². The second kappa shape index (κ2) is 4.33. The molecule has 0 atom stereocenters. The minimum absolute atomic E-state index is 0.748. The van der Waals surface area contributed by atoms with E-state index >= 15 is 0 Å². The van der Waals surface area contributed by atoms with E-state index in [-0.39, 0.29) is 0 Å². The van der Waals surface area contributed by atoms with Gasteiger partial charge in [-0.15, -0.1) is 16.4 Å². The molecule has 4 rings (SSSR count). The molecule has 0 aliphatic carbocycles. The van der Waals surface area contributed by atoms with E-state index in [1.165, 1.54) is 10.4 Å². The number of hydrogen-bond acceptors (Lipinski definition) is 5. The Balaban J connectivity index is 2.15. The summed E-state index contributed by atoms with van der Waals surface area (Å²) in [5.74, 6) is 1.56. The molecule has 0 radical (unpaired) electrons. The van der Waals surface area contributed by atoms with E-state index in [9.17, 15) is 0 Å². The molecular formula is C15H13N5S. The Labute approximate surface area is 125 Å². The SMILES string of the molecule is Cc1nc(-n2nnc3ccccc32)c2c(C)c(C)sc2n1. The predicted molar refractivity (Wildman–Crippen MR) is 84.0 cm³/mol. The van der Waals surface area contributed by atoms with Crippen LogP contribution in [0.25, 0.3) is 27.1 Å². The number of aromatic nitrogens is 5. The quantitative estimate of drug-likeness (QED) is 0.540. The van der Waals surface area contributed by atoms with Crippen LogP contribution in [0.15, 0.2) is 24.3 Å². The lowest BCUT2D eigenvalue weighted by molar-refractivity contribution is 0.799. The van der Waals surface area contributed by atoms with Crippen molar-refractivity contribution in [2.45, 2.75) is 20.8 Å². The van der Waals surface area contributed by atoms with Crippen LogP contribution in [0, 0.1) is 20.8 Å². The van der Waals surface area contributed by atoms with Crippen molar-refractivity contribution in [3.63, 3.8) is 0 Å². The number of thiophene rings is 1. The maximum absolute atomic E-state index is 4.62. The zero-order valence-corrected chi connectivity index (χ0v) is 12.8. The van der Waals surface area contributed by atoms with Crippen molar-refractivity contribution in [3.05, 3.63) is 40.5 Å². The molecule has 6 heteroatoms. The maximum atomic E-state index is 4.62. The summed E-state index contributed by atoms with van der Waals surface area (Å²) in [7, 11) is 0. The molecule has 0 unspecified atom stereocenters. The Kier molecular flexibility index (Phi) is 2.56. The Morgan fingerprint density at radius 3 is 2.71 bits per heavy atom. The molecule has 5 nitrogen and oxygen atoms in total. The summed E-state index contributed by atoms with van der Waals surface area (Å²) in [6, 6.07) is 7.91. The Bertz CT molecular complexity index is 982. The van der Waals surface area contributed by atoms with Gasteiger partial charge in [-0.25, -0.2) is 9.97 Å². The smallest absolute Gasteiger partial charge is 0.168 e. The largest absolute Gasteiger partial charge is 0.222 e. The molecule has 0 N–H and O–H groups in total. The van der Waals surface area contributed by atoms with E-state index < -0.39 is 0 Å². The summed E-state index contributed by atoms with van der Waals surface area (Å²) in [6.07, 6.45) is 0. The van der Waals surface area contributed by atoms with Crippen molar-refractivity contribution in [1.82, 2.24) is 25.0 Å². The van der Waals surface area contributed by atoms with Crippen LogP contribution in [0.1, 0.15) is 16.3 Å². The Morgan fingerprint density at radius 1 is 1.05 bits per heavy atom. The van der Waals surface area contributed by atoms with Crippen LogP contribution in [0.5, 0.6) is 0 Å². The number of fused-ring (bicyclic) bond motifs is 2. The number of para-hydroxylation sites is 1. The van der Waals surface area contributed by atoms with Gasteiger partial charge >= 0.3 is 0 Å². The van der Waals surface area contributed by atoms with Crippen LogP contribution in [0.4, 0.5) is 0 Å². The van der Waals surface area contributed by atoms with E-state index in [2.05, 4.69) is 34.1 Å². The predicted octanol–water partition coefficient (Wildman–Crippen LogP) is 3.35. The molecule has 0 bridgehead atoms. The first kappa shape index (κ1) is 12.4. The third-order valence-electron chi connectivity index (χ3n) is 3.67. The highest BCUT2D eigenvalue weighted by Gasteiger charge is 2.17. The first-order chi connectivity index (χ1) is 10.1. The Morgan fingerprint density at radius 2 is 1.86 bits per heavy atom. The van der Waals surface area contributed by atoms with Gasteiger partial charge in [-0.05, 0) is 38.5 Å². The van der Waals surface area contributed by atoms with Crippen LogP contribution in [-0.4, -0.2) is 25.0 Å². The lowest BCUT2D eigenvalue weighted by Gasteiger charge is -2.05. The van der Waals surface area contributed by atoms with Crippen molar-refractivity contribution >= 4 is 32.6 Å². The van der Waals surface area contributed by atoms with Gasteiger partial charge in [0.15, 0.2) is 5.82 Å². The lowest BCUT2D eigenvalue weighted by atomic mass is 10.2. The minimum atomic E-state index is 0.748. The van der Waals surface area contributed by atoms with Crippen molar-refractivity contribution < 1.29 is 0 Å². The summed E-state index contributed by atoms with van der Waals surface area (Å²) >= 11 is 1.70. The van der Waals surface area contributed by atoms with Gasteiger partial charge in [0.2, 0.25) is 0 Å². The summed E-state index contributed by atoms with van der Waals surface area (Å²) in [5, 5.41) is 9.58. The molecule has 0 aliphatic heterocycles. The fourth-order valence-corrected chi connectivity index (χ4v) is 3.58. The van der Waals surface area contributed by atoms with Gasteiger partial charge in [0.05, 0.1) is 10.9 Å². The zero-order valence-electron chi connectivity index (χ0n) is 12.0. The second-order valence-corrected chi connectivity index (χ2v) is 6.25. The summed E-state index contributed by atoms with van der Waals surface area (Å²) < 4.78 is 1.81. The van der Waals surface area contributed by atoms with Gasteiger partial charge in [0, 0.05) is 4.88 Å². The van der Waals surface area contributed by atoms with Gasteiger partial charge in [-0.2, -0.15) is 4.68 Å². The first-order valence-electron chi connectivity index (χ1n) is 6.70. The number of nitrogens with zero attached hydrogens (tertiary/aromatic N) is 5. The van der Waals surface area contributed by atoms with Crippen LogP contribution < -0.4 is 0 Å². The highest BCUT2D eigenvalue weighted by Crippen LogP contribution is 2.32. The van der Waals surface area contributed by atoms with Crippen LogP contribution >= 0.6 is 11.3 Å². The van der Waals surface area contributed by atoms with E-state index in [0.29, 0.717) is 0 Å². The molecule has 104 valence electrons. The average Bonchev–Trinajstić information content (AvgIpc) is 3.00. The molecule has 0 amide bonds. The van der Waals surface area contributed by atoms with Gasteiger partial charge in [0.25, 0.3) is 0 Å². The molecule has 3 aromatic heterocycles. The monoisotopic (exact) mass is 295 g/mol. The highest BCUT2D eigenvalue weighted by molar-refractivity contribution is 7.18. The molecule has 4 aromatic rings. The van der Waals surface area contributed by atoms with Crippen molar-refractivity contribution in [2.24, 2.45) is 0 Å². The number of benzene rings is 1. The van der Waals surface area contributed by atoms with Crippen LogP contribution in [-0.2, 0) is 0 Å². The average molecular weight is 295 g/mol. The van der Waals surface area contributed by atoms with Gasteiger partial charge in [-0.3, -0.25) is 0 Å². The molecule has 21 heavy (non-hydrogen) atoms. The molecule has 1 aromatic carbocycles. The molecule has 0 saturated carbocycles. The molecule has 0 aliphatic rings. The third kappa shape index (κ3) is 1.76.